The summed E-state index contributed by atoms with van der Waals surface area (Å²) in [6, 6.07) is 0. The number of thiol groups is 1. The molecular weight excluding hydrogens is 184 g/mol. The van der Waals surface area contributed by atoms with Gasteiger partial charge in [0, 0.05) is 0 Å². The second-order valence-corrected chi connectivity index (χ2v) is 2.33. The molecule has 0 spiro atoms. The van der Waals surface area contributed by atoms with Gasteiger partial charge in [-0.3, -0.25) is 4.79 Å². The lowest BCUT2D eigenvalue weighted by atomic mass is 10.9. The highest BCUT2D eigenvalue weighted by Gasteiger charge is 1.77. The van der Waals surface area contributed by atoms with Crippen molar-refractivity contribution in [3.8, 4) is 0 Å². The first-order valence-corrected chi connectivity index (χ1v) is 3.95. The summed E-state index contributed by atoms with van der Waals surface area (Å²) in [5.41, 5.74) is 0. The van der Waals surface area contributed by atoms with Gasteiger partial charge >= 0.3 is 0 Å². The van der Waals surface area contributed by atoms with E-state index in [9.17, 15) is 4.79 Å². The molecule has 66 valence electrons. The third-order valence-corrected chi connectivity index (χ3v) is 0.749. The number of ether oxygens (including phenoxy) is 2. The summed E-state index contributed by atoms with van der Waals surface area (Å²) in [5, 5.41) is 0. The zero-order valence-electron chi connectivity index (χ0n) is 6.57. The molecular formula is C6H12O3S2. The SMILES string of the molecule is CCOC(=S)S.CCOC=O. The van der Waals surface area contributed by atoms with Crippen molar-refractivity contribution in [1.82, 2.24) is 0 Å². The topological polar surface area (TPSA) is 35.5 Å². The largest absolute Gasteiger partial charge is 0.479 e. The van der Waals surface area contributed by atoms with E-state index < -0.39 is 0 Å². The van der Waals surface area contributed by atoms with Gasteiger partial charge in [0.1, 0.15) is 0 Å². The van der Waals surface area contributed by atoms with Crippen LogP contribution in [-0.4, -0.2) is 24.1 Å². The van der Waals surface area contributed by atoms with Gasteiger partial charge in [0.25, 0.3) is 6.47 Å². The van der Waals surface area contributed by atoms with Crippen LogP contribution in [0.1, 0.15) is 13.8 Å². The average Bonchev–Trinajstić information content (AvgIpc) is 1.90. The minimum Gasteiger partial charge on any atom is -0.479 e. The van der Waals surface area contributed by atoms with Gasteiger partial charge < -0.3 is 9.47 Å². The lowest BCUT2D eigenvalue weighted by Crippen LogP contribution is -1.89. The van der Waals surface area contributed by atoms with Gasteiger partial charge in [-0.1, -0.05) is 12.6 Å². The number of hydrogen-bond acceptors (Lipinski definition) is 4. The Balaban J connectivity index is 0. The molecule has 0 unspecified atom stereocenters. The molecule has 0 aliphatic carbocycles. The summed E-state index contributed by atoms with van der Waals surface area (Å²) in [6.07, 6.45) is 0. The van der Waals surface area contributed by atoms with Crippen LogP contribution >= 0.6 is 24.8 Å². The highest BCUT2D eigenvalue weighted by atomic mass is 32.1. The molecule has 0 atom stereocenters. The molecule has 0 saturated heterocycles. The van der Waals surface area contributed by atoms with Crippen molar-refractivity contribution < 1.29 is 14.3 Å². The molecule has 0 aliphatic rings. The maximum absolute atomic E-state index is 9.18. The first kappa shape index (κ1) is 13.3. The monoisotopic (exact) mass is 196 g/mol. The molecule has 0 radical (unpaired) electrons. The van der Waals surface area contributed by atoms with E-state index in [-0.39, 0.29) is 0 Å². The lowest BCUT2D eigenvalue weighted by Gasteiger charge is -1.92. The minimum atomic E-state index is 0.317. The molecule has 0 rings (SSSR count). The highest BCUT2D eigenvalue weighted by Crippen LogP contribution is 1.83. The summed E-state index contributed by atoms with van der Waals surface area (Å²) in [6.45, 7) is 5.14. The van der Waals surface area contributed by atoms with Gasteiger partial charge in [-0.05, 0) is 26.1 Å². The minimum absolute atomic E-state index is 0.317. The fourth-order valence-electron chi connectivity index (χ4n) is 0.192. The average molecular weight is 196 g/mol. The van der Waals surface area contributed by atoms with Gasteiger partial charge in [0.15, 0.2) is 0 Å². The zero-order chi connectivity index (χ0) is 9.11. The van der Waals surface area contributed by atoms with E-state index in [2.05, 4.69) is 34.3 Å². The van der Waals surface area contributed by atoms with Crippen molar-refractivity contribution in [1.29, 1.82) is 0 Å². The van der Waals surface area contributed by atoms with Crippen molar-refractivity contribution in [2.75, 3.05) is 13.2 Å². The molecule has 0 aromatic heterocycles. The molecule has 0 heterocycles. The molecule has 5 heteroatoms. The van der Waals surface area contributed by atoms with Crippen molar-refractivity contribution >= 4 is 35.7 Å². The Labute approximate surface area is 77.5 Å². The van der Waals surface area contributed by atoms with Gasteiger partial charge in [0.05, 0.1) is 13.2 Å². The Morgan fingerprint density at radius 1 is 1.55 bits per heavy atom. The normalized spacial score (nSPS) is 7.18. The van der Waals surface area contributed by atoms with Crippen molar-refractivity contribution in [3.63, 3.8) is 0 Å². The van der Waals surface area contributed by atoms with Crippen LogP contribution in [0.2, 0.25) is 0 Å². The summed E-state index contributed by atoms with van der Waals surface area (Å²) >= 11 is 8.12. The molecule has 0 amide bonds. The third kappa shape index (κ3) is 26.0. The van der Waals surface area contributed by atoms with Crippen molar-refractivity contribution in [2.24, 2.45) is 0 Å². The standard InChI is InChI=1S/C3H6O2.C3H6OS2/c1-2-5-3-4;1-2-4-3(5)6/h3H,2H2,1H3;2H2,1H3,(H,5,6). The Bertz CT molecular complexity index is 106. The summed E-state index contributed by atoms with van der Waals surface area (Å²) in [7, 11) is 0. The second-order valence-electron chi connectivity index (χ2n) is 1.25. The van der Waals surface area contributed by atoms with E-state index in [0.717, 1.165) is 0 Å². The molecule has 0 aliphatic heterocycles. The van der Waals surface area contributed by atoms with Crippen LogP contribution < -0.4 is 0 Å². The van der Waals surface area contributed by atoms with Crippen molar-refractivity contribution in [2.45, 2.75) is 13.8 Å². The Hall–Kier alpha value is -0.290. The first-order chi connectivity index (χ1) is 5.18. The number of thiocarbonyl (C=S) groups is 1. The molecule has 3 nitrogen and oxygen atoms in total. The van der Waals surface area contributed by atoms with E-state index >= 15 is 0 Å². The fraction of sp³-hybridized carbons (Fsp3) is 0.667. The predicted octanol–water partition coefficient (Wildman–Crippen LogP) is 1.42. The smallest absolute Gasteiger partial charge is 0.293 e. The van der Waals surface area contributed by atoms with Crippen LogP contribution in [0.5, 0.6) is 0 Å². The van der Waals surface area contributed by atoms with Gasteiger partial charge in [-0.25, -0.2) is 0 Å². The quantitative estimate of drug-likeness (QED) is 0.420. The molecule has 0 aromatic carbocycles. The Morgan fingerprint density at radius 3 is 2.09 bits per heavy atom. The van der Waals surface area contributed by atoms with Crippen LogP contribution in [0.3, 0.4) is 0 Å². The van der Waals surface area contributed by atoms with Gasteiger partial charge in [0.2, 0.25) is 4.38 Å². The van der Waals surface area contributed by atoms with Crippen LogP contribution in [0.4, 0.5) is 0 Å². The Kier molecular flexibility index (Phi) is 15.0. The molecule has 0 aromatic rings. The van der Waals surface area contributed by atoms with E-state index in [1.807, 2.05) is 6.92 Å². The second kappa shape index (κ2) is 12.4. The predicted molar refractivity (Wildman–Crippen MR) is 50.9 cm³/mol. The zero-order valence-corrected chi connectivity index (χ0v) is 8.28. The van der Waals surface area contributed by atoms with Crippen LogP contribution in [-0.2, 0) is 14.3 Å². The maximum atomic E-state index is 9.18. The summed E-state index contributed by atoms with van der Waals surface area (Å²) < 4.78 is 9.11. The maximum Gasteiger partial charge on any atom is 0.293 e. The highest BCUT2D eigenvalue weighted by molar-refractivity contribution is 8.10. The van der Waals surface area contributed by atoms with Crippen molar-refractivity contribution in [3.05, 3.63) is 0 Å². The van der Waals surface area contributed by atoms with Gasteiger partial charge in [-0.2, -0.15) is 0 Å². The first-order valence-electron chi connectivity index (χ1n) is 3.09. The number of rotatable bonds is 3. The van der Waals surface area contributed by atoms with Crippen LogP contribution in [0.15, 0.2) is 0 Å². The van der Waals surface area contributed by atoms with Crippen LogP contribution in [0, 0.1) is 0 Å². The number of carbonyl (C=O) groups is 1. The molecule has 0 bridgehead atoms. The summed E-state index contributed by atoms with van der Waals surface area (Å²) in [4.78, 5) is 9.18. The molecule has 0 fully saturated rings. The van der Waals surface area contributed by atoms with E-state index in [0.29, 0.717) is 24.1 Å². The lowest BCUT2D eigenvalue weighted by molar-refractivity contribution is -0.128. The van der Waals surface area contributed by atoms with Crippen LogP contribution in [0.25, 0.3) is 0 Å². The van der Waals surface area contributed by atoms with E-state index in [4.69, 9.17) is 0 Å². The molecule has 0 saturated carbocycles. The number of carbonyl (C=O) groups excluding carboxylic acids is 1. The fourth-order valence-corrected chi connectivity index (χ4v) is 0.438. The molecule has 11 heavy (non-hydrogen) atoms. The summed E-state index contributed by atoms with van der Waals surface area (Å²) in [5.74, 6) is 0. The van der Waals surface area contributed by atoms with E-state index in [1.54, 1.807) is 6.92 Å². The van der Waals surface area contributed by atoms with E-state index in [1.165, 1.54) is 0 Å². The Morgan fingerprint density at radius 2 is 2.09 bits per heavy atom. The third-order valence-electron chi connectivity index (χ3n) is 0.503. The number of hydrogen-bond donors (Lipinski definition) is 1. The van der Waals surface area contributed by atoms with Gasteiger partial charge in [-0.15, -0.1) is 0 Å². The molecule has 0 N–H and O–H groups in total.